The SMILES string of the molecule is Cc1c(N2CC[C@@H](C)C2)nc2c(Br)cnn2c1N. The summed E-state index contributed by atoms with van der Waals surface area (Å²) in [6.45, 7) is 6.38. The number of nitrogen functional groups attached to an aromatic ring is 1. The van der Waals surface area contributed by atoms with Crippen LogP contribution in [-0.4, -0.2) is 27.7 Å². The minimum Gasteiger partial charge on any atom is -0.383 e. The first kappa shape index (κ1) is 11.8. The fourth-order valence-electron chi connectivity index (χ4n) is 2.49. The van der Waals surface area contributed by atoms with Crippen molar-refractivity contribution in [2.75, 3.05) is 23.7 Å². The van der Waals surface area contributed by atoms with Gasteiger partial charge in [0.15, 0.2) is 5.65 Å². The van der Waals surface area contributed by atoms with Gasteiger partial charge in [0.25, 0.3) is 0 Å². The van der Waals surface area contributed by atoms with E-state index in [-0.39, 0.29) is 0 Å². The molecule has 6 heteroatoms. The second-order valence-electron chi connectivity index (χ2n) is 5.01. The molecular formula is C12H16BrN5. The Hall–Kier alpha value is -1.30. The predicted octanol–water partition coefficient (Wildman–Crippen LogP) is 2.23. The summed E-state index contributed by atoms with van der Waals surface area (Å²) in [4.78, 5) is 7.03. The Morgan fingerprint density at radius 3 is 2.94 bits per heavy atom. The fraction of sp³-hybridized carbons (Fsp3) is 0.500. The van der Waals surface area contributed by atoms with Crippen LogP contribution in [0.2, 0.25) is 0 Å². The molecule has 0 saturated carbocycles. The molecular weight excluding hydrogens is 294 g/mol. The lowest BCUT2D eigenvalue weighted by Crippen LogP contribution is -2.22. The summed E-state index contributed by atoms with van der Waals surface area (Å²) in [5.41, 5.74) is 7.94. The van der Waals surface area contributed by atoms with Crippen LogP contribution in [0.25, 0.3) is 5.65 Å². The van der Waals surface area contributed by atoms with Crippen LogP contribution >= 0.6 is 15.9 Å². The number of hydrogen-bond acceptors (Lipinski definition) is 4. The molecule has 18 heavy (non-hydrogen) atoms. The van der Waals surface area contributed by atoms with E-state index in [9.17, 15) is 0 Å². The Balaban J connectivity index is 2.17. The van der Waals surface area contributed by atoms with Gasteiger partial charge >= 0.3 is 0 Å². The molecule has 5 nitrogen and oxygen atoms in total. The smallest absolute Gasteiger partial charge is 0.173 e. The van der Waals surface area contributed by atoms with Gasteiger partial charge in [-0.25, -0.2) is 4.98 Å². The Morgan fingerprint density at radius 2 is 2.28 bits per heavy atom. The molecule has 1 atom stereocenters. The quantitative estimate of drug-likeness (QED) is 0.877. The molecule has 2 aromatic heterocycles. The zero-order chi connectivity index (χ0) is 12.9. The van der Waals surface area contributed by atoms with Gasteiger partial charge in [-0.2, -0.15) is 9.61 Å². The number of nitrogens with zero attached hydrogens (tertiary/aromatic N) is 4. The molecule has 0 spiro atoms. The van der Waals surface area contributed by atoms with Crippen LogP contribution in [0.3, 0.4) is 0 Å². The summed E-state index contributed by atoms with van der Waals surface area (Å²) in [6.07, 6.45) is 2.95. The normalized spacial score (nSPS) is 19.9. The molecule has 0 aromatic carbocycles. The number of hydrogen-bond donors (Lipinski definition) is 1. The van der Waals surface area contributed by atoms with Crippen LogP contribution in [0.5, 0.6) is 0 Å². The molecule has 3 rings (SSSR count). The molecule has 0 bridgehead atoms. The third-order valence-electron chi connectivity index (χ3n) is 3.58. The monoisotopic (exact) mass is 309 g/mol. The maximum Gasteiger partial charge on any atom is 0.173 e. The standard InChI is InChI=1S/C12H16BrN5/c1-7-3-4-17(6-7)11-8(2)10(14)18-12(16-11)9(13)5-15-18/h5,7H,3-4,6,14H2,1-2H3/t7-/m1/s1. The lowest BCUT2D eigenvalue weighted by atomic mass is 10.2. The average Bonchev–Trinajstić information content (AvgIpc) is 2.91. The molecule has 2 N–H and O–H groups in total. The Bertz CT molecular complexity index is 606. The van der Waals surface area contributed by atoms with Gasteiger partial charge in [0, 0.05) is 18.7 Å². The van der Waals surface area contributed by atoms with Crippen LogP contribution in [0.15, 0.2) is 10.7 Å². The Morgan fingerprint density at radius 1 is 1.50 bits per heavy atom. The lowest BCUT2D eigenvalue weighted by Gasteiger charge is -2.20. The van der Waals surface area contributed by atoms with Crippen molar-refractivity contribution in [3.8, 4) is 0 Å². The first-order valence-corrected chi connectivity index (χ1v) is 6.91. The molecule has 1 saturated heterocycles. The first-order valence-electron chi connectivity index (χ1n) is 6.12. The molecule has 3 heterocycles. The van der Waals surface area contributed by atoms with E-state index in [0.29, 0.717) is 5.82 Å². The van der Waals surface area contributed by atoms with Crippen molar-refractivity contribution in [2.45, 2.75) is 20.3 Å². The minimum atomic E-state index is 0.667. The van der Waals surface area contributed by atoms with Crippen LogP contribution in [-0.2, 0) is 0 Å². The number of nitrogens with two attached hydrogens (primary N) is 1. The van der Waals surface area contributed by atoms with E-state index < -0.39 is 0 Å². The highest BCUT2D eigenvalue weighted by molar-refractivity contribution is 9.10. The zero-order valence-corrected chi connectivity index (χ0v) is 12.1. The van der Waals surface area contributed by atoms with Gasteiger partial charge in [-0.1, -0.05) is 6.92 Å². The highest BCUT2D eigenvalue weighted by atomic mass is 79.9. The van der Waals surface area contributed by atoms with Gasteiger partial charge in [-0.3, -0.25) is 0 Å². The molecule has 1 fully saturated rings. The molecule has 0 unspecified atom stereocenters. The summed E-state index contributed by atoms with van der Waals surface area (Å²) in [5.74, 6) is 2.38. The van der Waals surface area contributed by atoms with Crippen LogP contribution < -0.4 is 10.6 Å². The second-order valence-corrected chi connectivity index (χ2v) is 5.87. The number of fused-ring (bicyclic) bond motifs is 1. The van der Waals surface area contributed by atoms with Crippen molar-refractivity contribution in [3.63, 3.8) is 0 Å². The minimum absolute atomic E-state index is 0.667. The zero-order valence-electron chi connectivity index (χ0n) is 10.5. The van der Waals surface area contributed by atoms with Gasteiger partial charge in [0.1, 0.15) is 11.6 Å². The number of rotatable bonds is 1. The van der Waals surface area contributed by atoms with E-state index in [1.807, 2.05) is 6.92 Å². The Labute approximate surface area is 114 Å². The molecule has 1 aliphatic rings. The highest BCUT2D eigenvalue weighted by Crippen LogP contribution is 2.30. The van der Waals surface area contributed by atoms with Gasteiger partial charge in [-0.15, -0.1) is 0 Å². The summed E-state index contributed by atoms with van der Waals surface area (Å²) in [5, 5.41) is 4.23. The topological polar surface area (TPSA) is 59.5 Å². The highest BCUT2D eigenvalue weighted by Gasteiger charge is 2.23. The van der Waals surface area contributed by atoms with E-state index >= 15 is 0 Å². The summed E-state index contributed by atoms with van der Waals surface area (Å²) < 4.78 is 2.56. The third-order valence-corrected chi connectivity index (χ3v) is 4.14. The third kappa shape index (κ3) is 1.67. The van der Waals surface area contributed by atoms with Crippen molar-refractivity contribution in [1.29, 1.82) is 0 Å². The van der Waals surface area contributed by atoms with Crippen molar-refractivity contribution < 1.29 is 0 Å². The first-order chi connectivity index (χ1) is 8.58. The van der Waals surface area contributed by atoms with Crippen molar-refractivity contribution in [3.05, 3.63) is 16.2 Å². The van der Waals surface area contributed by atoms with Crippen molar-refractivity contribution >= 4 is 33.2 Å². The number of aromatic nitrogens is 3. The maximum atomic E-state index is 6.15. The van der Waals surface area contributed by atoms with Gasteiger partial charge in [0.05, 0.1) is 10.7 Å². The lowest BCUT2D eigenvalue weighted by molar-refractivity contribution is 0.658. The van der Waals surface area contributed by atoms with E-state index in [1.165, 1.54) is 6.42 Å². The van der Waals surface area contributed by atoms with E-state index in [2.05, 4.69) is 32.9 Å². The molecule has 0 aliphatic carbocycles. The van der Waals surface area contributed by atoms with Gasteiger partial charge in [0.2, 0.25) is 0 Å². The molecule has 1 aliphatic heterocycles. The largest absolute Gasteiger partial charge is 0.383 e. The molecule has 96 valence electrons. The van der Waals surface area contributed by atoms with Gasteiger partial charge in [-0.05, 0) is 35.2 Å². The number of halogens is 1. The van der Waals surface area contributed by atoms with Crippen LogP contribution in [0.1, 0.15) is 18.9 Å². The Kier molecular flexibility index (Phi) is 2.69. The van der Waals surface area contributed by atoms with E-state index in [0.717, 1.165) is 40.5 Å². The predicted molar refractivity (Wildman–Crippen MR) is 75.8 cm³/mol. The summed E-state index contributed by atoms with van der Waals surface area (Å²) >= 11 is 3.46. The molecule has 2 aromatic rings. The summed E-state index contributed by atoms with van der Waals surface area (Å²) in [6, 6.07) is 0. The van der Waals surface area contributed by atoms with Crippen LogP contribution in [0.4, 0.5) is 11.6 Å². The fourth-order valence-corrected chi connectivity index (χ4v) is 2.84. The molecule has 0 radical (unpaired) electrons. The second kappa shape index (κ2) is 4.12. The van der Waals surface area contributed by atoms with Crippen molar-refractivity contribution in [2.24, 2.45) is 5.92 Å². The van der Waals surface area contributed by atoms with E-state index in [4.69, 9.17) is 10.7 Å². The maximum absolute atomic E-state index is 6.15. The van der Waals surface area contributed by atoms with E-state index in [1.54, 1.807) is 10.7 Å². The van der Waals surface area contributed by atoms with Gasteiger partial charge < -0.3 is 10.6 Å². The van der Waals surface area contributed by atoms with Crippen molar-refractivity contribution in [1.82, 2.24) is 14.6 Å². The van der Waals surface area contributed by atoms with Crippen LogP contribution in [0, 0.1) is 12.8 Å². The average molecular weight is 310 g/mol. The molecule has 0 amide bonds. The summed E-state index contributed by atoms with van der Waals surface area (Å²) in [7, 11) is 0. The number of anilines is 2.